The molecule has 1 heterocycles. The summed E-state index contributed by atoms with van der Waals surface area (Å²) in [5.41, 5.74) is 1.84. The first kappa shape index (κ1) is 27.0. The Morgan fingerprint density at radius 2 is 2.03 bits per heavy atom. The number of ether oxygens (including phenoxy) is 1. The summed E-state index contributed by atoms with van der Waals surface area (Å²) in [6.45, 7) is 9.18. The lowest BCUT2D eigenvalue weighted by molar-refractivity contribution is -0.119. The number of aliphatic imine (C=N–C) groups is 1. The zero-order valence-electron chi connectivity index (χ0n) is 18.6. The molecule has 2 aromatic rings. The number of rotatable bonds is 12. The molecule has 172 valence electrons. The van der Waals surface area contributed by atoms with Gasteiger partial charge in [-0.05, 0) is 49.6 Å². The fraction of sp³-hybridized carbons (Fsp3) is 0.478. The average molecular weight is 542 g/mol. The van der Waals surface area contributed by atoms with Crippen molar-refractivity contribution in [1.29, 1.82) is 0 Å². The molecule has 0 saturated carbocycles. The summed E-state index contributed by atoms with van der Waals surface area (Å²) in [5.74, 6) is 1.64. The Morgan fingerprint density at radius 3 is 2.74 bits per heavy atom. The van der Waals surface area contributed by atoms with Gasteiger partial charge in [0, 0.05) is 31.3 Å². The van der Waals surface area contributed by atoms with Crippen molar-refractivity contribution in [3.05, 3.63) is 54.0 Å². The van der Waals surface area contributed by atoms with E-state index in [4.69, 9.17) is 9.15 Å². The minimum Gasteiger partial charge on any atom is -0.467 e. The highest BCUT2D eigenvalue weighted by Crippen LogP contribution is 2.13. The van der Waals surface area contributed by atoms with Gasteiger partial charge in [0.2, 0.25) is 5.91 Å². The van der Waals surface area contributed by atoms with Gasteiger partial charge < -0.3 is 25.1 Å². The maximum atomic E-state index is 12.1. The number of halogens is 1. The van der Waals surface area contributed by atoms with Crippen molar-refractivity contribution >= 4 is 41.5 Å². The second-order valence-electron chi connectivity index (χ2n) is 7.11. The molecule has 1 amide bonds. The third-order valence-electron chi connectivity index (χ3n) is 4.60. The van der Waals surface area contributed by atoms with Crippen LogP contribution in [0.5, 0.6) is 0 Å². The summed E-state index contributed by atoms with van der Waals surface area (Å²) in [6, 6.07) is 11.6. The van der Waals surface area contributed by atoms with Gasteiger partial charge in [-0.25, -0.2) is 4.99 Å². The van der Waals surface area contributed by atoms with Gasteiger partial charge in [0.05, 0.1) is 12.8 Å². The number of anilines is 1. The molecule has 2 rings (SSSR count). The monoisotopic (exact) mass is 542 g/mol. The normalized spacial score (nSPS) is 12.0. The zero-order valence-corrected chi connectivity index (χ0v) is 21.0. The number of carbonyl (C=O) groups is 1. The van der Waals surface area contributed by atoms with Crippen molar-refractivity contribution in [2.24, 2.45) is 10.9 Å². The van der Waals surface area contributed by atoms with Gasteiger partial charge in [0.25, 0.3) is 0 Å². The summed E-state index contributed by atoms with van der Waals surface area (Å²) < 4.78 is 10.8. The van der Waals surface area contributed by atoms with E-state index in [0.717, 1.165) is 48.9 Å². The Kier molecular flexibility index (Phi) is 13.6. The number of benzene rings is 1. The highest BCUT2D eigenvalue weighted by molar-refractivity contribution is 14.0. The predicted molar refractivity (Wildman–Crippen MR) is 136 cm³/mol. The maximum Gasteiger partial charge on any atom is 0.227 e. The second kappa shape index (κ2) is 15.7. The molecule has 0 bridgehead atoms. The van der Waals surface area contributed by atoms with Crippen molar-refractivity contribution in [1.82, 2.24) is 10.6 Å². The van der Waals surface area contributed by atoms with E-state index in [2.05, 4.69) is 20.9 Å². The van der Waals surface area contributed by atoms with Crippen LogP contribution in [-0.2, 0) is 22.7 Å². The minimum absolute atomic E-state index is 0. The zero-order chi connectivity index (χ0) is 21.6. The van der Waals surface area contributed by atoms with E-state index in [9.17, 15) is 4.79 Å². The summed E-state index contributed by atoms with van der Waals surface area (Å²) >= 11 is 0. The van der Waals surface area contributed by atoms with Crippen LogP contribution in [0.4, 0.5) is 5.69 Å². The van der Waals surface area contributed by atoms with E-state index < -0.39 is 0 Å². The minimum atomic E-state index is -0.000653. The Labute approximate surface area is 202 Å². The molecular weight excluding hydrogens is 507 g/mol. The molecule has 8 heteroatoms. The van der Waals surface area contributed by atoms with Crippen molar-refractivity contribution < 1.29 is 13.9 Å². The van der Waals surface area contributed by atoms with Crippen molar-refractivity contribution in [2.45, 2.75) is 46.8 Å². The van der Waals surface area contributed by atoms with Gasteiger partial charge >= 0.3 is 0 Å². The van der Waals surface area contributed by atoms with Crippen LogP contribution >= 0.6 is 24.0 Å². The summed E-state index contributed by atoms with van der Waals surface area (Å²) in [6.07, 6.45) is 3.33. The number of furan rings is 1. The number of nitrogens with one attached hydrogen (secondary N) is 3. The molecule has 1 aromatic heterocycles. The highest BCUT2D eigenvalue weighted by Gasteiger charge is 2.10. The van der Waals surface area contributed by atoms with Crippen LogP contribution in [0.1, 0.15) is 44.9 Å². The van der Waals surface area contributed by atoms with Crippen LogP contribution in [0.15, 0.2) is 52.1 Å². The van der Waals surface area contributed by atoms with Crippen LogP contribution in [-0.4, -0.2) is 31.6 Å². The van der Waals surface area contributed by atoms with E-state index in [1.807, 2.05) is 57.2 Å². The molecule has 0 spiro atoms. The third-order valence-corrected chi connectivity index (χ3v) is 4.60. The lowest BCUT2D eigenvalue weighted by Crippen LogP contribution is -2.38. The fourth-order valence-corrected chi connectivity index (χ4v) is 2.66. The van der Waals surface area contributed by atoms with Gasteiger partial charge in [0.1, 0.15) is 12.4 Å². The van der Waals surface area contributed by atoms with Crippen molar-refractivity contribution in [3.8, 4) is 0 Å². The maximum absolute atomic E-state index is 12.1. The number of nitrogens with zero attached hydrogens (tertiary/aromatic N) is 1. The largest absolute Gasteiger partial charge is 0.467 e. The molecule has 0 radical (unpaired) electrons. The lowest BCUT2D eigenvalue weighted by Gasteiger charge is -2.12. The molecule has 1 aromatic carbocycles. The van der Waals surface area contributed by atoms with E-state index in [1.165, 1.54) is 0 Å². The average Bonchev–Trinajstić information content (AvgIpc) is 3.27. The number of carbonyl (C=O) groups excluding carboxylic acids is 1. The Bertz CT molecular complexity index is 781. The second-order valence-corrected chi connectivity index (χ2v) is 7.11. The lowest BCUT2D eigenvalue weighted by atomic mass is 10.1. The molecule has 31 heavy (non-hydrogen) atoms. The predicted octanol–water partition coefficient (Wildman–Crippen LogP) is 4.54. The van der Waals surface area contributed by atoms with Gasteiger partial charge in [-0.15, -0.1) is 24.0 Å². The Morgan fingerprint density at radius 1 is 1.19 bits per heavy atom. The molecule has 0 aliphatic carbocycles. The van der Waals surface area contributed by atoms with Crippen LogP contribution in [0, 0.1) is 5.92 Å². The van der Waals surface area contributed by atoms with E-state index in [1.54, 1.807) is 6.26 Å². The first-order chi connectivity index (χ1) is 14.6. The number of guanidine groups is 1. The van der Waals surface area contributed by atoms with E-state index >= 15 is 0 Å². The summed E-state index contributed by atoms with van der Waals surface area (Å²) in [5, 5.41) is 9.54. The molecule has 0 saturated heterocycles. The van der Waals surface area contributed by atoms with Gasteiger partial charge in [-0.1, -0.05) is 26.0 Å². The molecule has 1 atom stereocenters. The van der Waals surface area contributed by atoms with E-state index in [-0.39, 0.29) is 35.8 Å². The van der Waals surface area contributed by atoms with Crippen LogP contribution in [0.2, 0.25) is 0 Å². The van der Waals surface area contributed by atoms with Crippen molar-refractivity contribution in [2.75, 3.05) is 25.0 Å². The molecular formula is C23H35IN4O3. The first-order valence-corrected chi connectivity index (χ1v) is 10.6. The van der Waals surface area contributed by atoms with Gasteiger partial charge in [-0.2, -0.15) is 0 Å². The topological polar surface area (TPSA) is 87.9 Å². The standard InChI is InChI=1S/C23H34N4O3.HI/c1-4-18(3)22(28)27-20-10-6-9-19(15-20)16-26-23(24-5-2)25-12-8-13-29-17-21-11-7-14-30-21;/h6-7,9-11,14-15,18H,4-5,8,12-13,16-17H2,1-3H3,(H,27,28)(H2,24,25,26);1H. The smallest absolute Gasteiger partial charge is 0.227 e. The number of hydrogen-bond donors (Lipinski definition) is 3. The van der Waals surface area contributed by atoms with Gasteiger partial charge in [-0.3, -0.25) is 4.79 Å². The third kappa shape index (κ3) is 10.7. The van der Waals surface area contributed by atoms with Crippen LogP contribution in [0.3, 0.4) is 0 Å². The SMILES string of the molecule is CCNC(=NCc1cccc(NC(=O)C(C)CC)c1)NCCCOCc1ccco1.I. The molecule has 0 aliphatic rings. The Hall–Kier alpha value is -2.07. The molecule has 0 aliphatic heterocycles. The molecule has 7 nitrogen and oxygen atoms in total. The van der Waals surface area contributed by atoms with Crippen LogP contribution < -0.4 is 16.0 Å². The Balaban J connectivity index is 0.00000480. The summed E-state index contributed by atoms with van der Waals surface area (Å²) in [4.78, 5) is 16.7. The fourth-order valence-electron chi connectivity index (χ4n) is 2.66. The van der Waals surface area contributed by atoms with Gasteiger partial charge in [0.15, 0.2) is 5.96 Å². The summed E-state index contributed by atoms with van der Waals surface area (Å²) in [7, 11) is 0. The van der Waals surface area contributed by atoms with E-state index in [0.29, 0.717) is 19.8 Å². The molecule has 3 N–H and O–H groups in total. The number of hydrogen-bond acceptors (Lipinski definition) is 4. The molecule has 1 unspecified atom stereocenters. The quantitative estimate of drug-likeness (QED) is 0.159. The highest BCUT2D eigenvalue weighted by atomic mass is 127. The van der Waals surface area contributed by atoms with Crippen molar-refractivity contribution in [3.63, 3.8) is 0 Å². The first-order valence-electron chi connectivity index (χ1n) is 10.6. The molecule has 0 fully saturated rings. The number of amides is 1. The van der Waals surface area contributed by atoms with Crippen LogP contribution in [0.25, 0.3) is 0 Å².